The standard InChI is InChI=1S/C18H21FN2O2/c1-12-9-14(17(23)20-10-18(11-22)7-8-18)13(2)21(12)16-6-4-3-5-15(16)19/h3-6,9,22H,7-8,10-11H2,1-2H3,(H,20,23). The summed E-state index contributed by atoms with van der Waals surface area (Å²) in [6, 6.07) is 8.30. The van der Waals surface area contributed by atoms with E-state index in [1.54, 1.807) is 28.8 Å². The fourth-order valence-corrected chi connectivity index (χ4v) is 2.93. The Morgan fingerprint density at radius 3 is 2.65 bits per heavy atom. The van der Waals surface area contributed by atoms with E-state index in [2.05, 4.69) is 5.32 Å². The third-order valence-electron chi connectivity index (χ3n) is 4.69. The molecule has 0 radical (unpaired) electrons. The van der Waals surface area contributed by atoms with Crippen molar-refractivity contribution in [3.8, 4) is 5.69 Å². The maximum Gasteiger partial charge on any atom is 0.253 e. The molecule has 3 rings (SSSR count). The van der Waals surface area contributed by atoms with Crippen LogP contribution in [0.25, 0.3) is 5.69 Å². The van der Waals surface area contributed by atoms with Crippen LogP contribution in [0.15, 0.2) is 30.3 Å². The minimum Gasteiger partial charge on any atom is -0.396 e. The van der Waals surface area contributed by atoms with E-state index in [1.807, 2.05) is 13.8 Å². The number of carbonyl (C=O) groups excluding carboxylic acids is 1. The number of aliphatic hydroxyl groups is 1. The highest BCUT2D eigenvalue weighted by Crippen LogP contribution is 2.44. The van der Waals surface area contributed by atoms with Crippen molar-refractivity contribution < 1.29 is 14.3 Å². The van der Waals surface area contributed by atoms with E-state index in [0.717, 1.165) is 18.5 Å². The molecular formula is C18H21FN2O2. The predicted octanol–water partition coefficient (Wildman–Crippen LogP) is 2.74. The molecule has 2 aromatic rings. The Labute approximate surface area is 134 Å². The van der Waals surface area contributed by atoms with Crippen LogP contribution in [0.5, 0.6) is 0 Å². The number of rotatable bonds is 5. The number of aliphatic hydroxyl groups excluding tert-OH is 1. The molecule has 5 heteroatoms. The van der Waals surface area contributed by atoms with Crippen LogP contribution in [-0.2, 0) is 0 Å². The van der Waals surface area contributed by atoms with Crippen molar-refractivity contribution in [2.45, 2.75) is 26.7 Å². The number of aromatic nitrogens is 1. The van der Waals surface area contributed by atoms with Crippen molar-refractivity contribution in [1.29, 1.82) is 0 Å². The van der Waals surface area contributed by atoms with Crippen LogP contribution in [0.4, 0.5) is 4.39 Å². The van der Waals surface area contributed by atoms with E-state index < -0.39 is 0 Å². The van der Waals surface area contributed by atoms with Crippen molar-refractivity contribution in [2.24, 2.45) is 5.41 Å². The molecule has 1 aromatic carbocycles. The third-order valence-corrected chi connectivity index (χ3v) is 4.69. The summed E-state index contributed by atoms with van der Waals surface area (Å²) in [6.07, 6.45) is 1.88. The number of carbonyl (C=O) groups is 1. The molecule has 4 nitrogen and oxygen atoms in total. The minimum atomic E-state index is -0.321. The molecule has 1 heterocycles. The number of nitrogens with one attached hydrogen (secondary N) is 1. The smallest absolute Gasteiger partial charge is 0.253 e. The van der Waals surface area contributed by atoms with Gasteiger partial charge >= 0.3 is 0 Å². The Morgan fingerprint density at radius 1 is 1.35 bits per heavy atom. The molecule has 1 aliphatic rings. The van der Waals surface area contributed by atoms with Gasteiger partial charge in [-0.2, -0.15) is 0 Å². The van der Waals surface area contributed by atoms with Gasteiger partial charge in [-0.25, -0.2) is 4.39 Å². The highest BCUT2D eigenvalue weighted by atomic mass is 19.1. The molecule has 1 aliphatic carbocycles. The average molecular weight is 316 g/mol. The number of aryl methyl sites for hydroxylation is 1. The normalized spacial score (nSPS) is 15.5. The highest BCUT2D eigenvalue weighted by molar-refractivity contribution is 5.96. The average Bonchev–Trinajstić information content (AvgIpc) is 3.27. The molecule has 1 aromatic heterocycles. The molecule has 0 unspecified atom stereocenters. The minimum absolute atomic E-state index is 0.0987. The fraction of sp³-hybridized carbons (Fsp3) is 0.389. The number of nitrogens with zero attached hydrogens (tertiary/aromatic N) is 1. The van der Waals surface area contributed by atoms with Crippen LogP contribution in [0.1, 0.15) is 34.6 Å². The van der Waals surface area contributed by atoms with Gasteiger partial charge in [0.05, 0.1) is 17.9 Å². The maximum atomic E-state index is 14.1. The Hall–Kier alpha value is -2.14. The van der Waals surface area contributed by atoms with Gasteiger partial charge in [-0.05, 0) is 44.9 Å². The largest absolute Gasteiger partial charge is 0.396 e. The molecule has 0 atom stereocenters. The second kappa shape index (κ2) is 5.81. The maximum absolute atomic E-state index is 14.1. The Kier molecular flexibility index (Phi) is 3.98. The summed E-state index contributed by atoms with van der Waals surface area (Å²) in [7, 11) is 0. The zero-order chi connectivity index (χ0) is 16.6. The monoisotopic (exact) mass is 316 g/mol. The first-order valence-electron chi connectivity index (χ1n) is 7.80. The fourth-order valence-electron chi connectivity index (χ4n) is 2.93. The second-order valence-electron chi connectivity index (χ2n) is 6.41. The first-order chi connectivity index (χ1) is 11.0. The lowest BCUT2D eigenvalue weighted by atomic mass is 10.1. The van der Waals surface area contributed by atoms with E-state index in [9.17, 15) is 14.3 Å². The van der Waals surface area contributed by atoms with E-state index in [1.165, 1.54) is 6.07 Å². The molecule has 23 heavy (non-hydrogen) atoms. The summed E-state index contributed by atoms with van der Waals surface area (Å²) in [4.78, 5) is 12.4. The van der Waals surface area contributed by atoms with Gasteiger partial charge in [0, 0.05) is 23.3 Å². The summed E-state index contributed by atoms with van der Waals surface area (Å²) in [5.74, 6) is -0.501. The summed E-state index contributed by atoms with van der Waals surface area (Å²) >= 11 is 0. The lowest BCUT2D eigenvalue weighted by Crippen LogP contribution is -2.32. The number of hydrogen-bond acceptors (Lipinski definition) is 2. The van der Waals surface area contributed by atoms with Gasteiger partial charge in [-0.15, -0.1) is 0 Å². The van der Waals surface area contributed by atoms with Gasteiger partial charge in [-0.1, -0.05) is 12.1 Å². The van der Waals surface area contributed by atoms with Crippen molar-refractivity contribution in [3.63, 3.8) is 0 Å². The predicted molar refractivity (Wildman–Crippen MR) is 86.3 cm³/mol. The number of para-hydroxylation sites is 1. The SMILES string of the molecule is Cc1cc(C(=O)NCC2(CO)CC2)c(C)n1-c1ccccc1F. The summed E-state index contributed by atoms with van der Waals surface area (Å²) in [5.41, 5.74) is 2.36. The van der Waals surface area contributed by atoms with Gasteiger partial charge in [0.1, 0.15) is 5.82 Å². The summed E-state index contributed by atoms with van der Waals surface area (Å²) in [6.45, 7) is 4.24. The van der Waals surface area contributed by atoms with Crippen LogP contribution in [0.3, 0.4) is 0 Å². The number of amides is 1. The van der Waals surface area contributed by atoms with Gasteiger partial charge in [0.15, 0.2) is 0 Å². The van der Waals surface area contributed by atoms with Crippen LogP contribution >= 0.6 is 0 Å². The molecule has 1 fully saturated rings. The summed E-state index contributed by atoms with van der Waals surface area (Å²) < 4.78 is 15.8. The first kappa shape index (κ1) is 15.7. The third kappa shape index (κ3) is 2.88. The molecular weight excluding hydrogens is 295 g/mol. The van der Waals surface area contributed by atoms with Crippen molar-refractivity contribution in [1.82, 2.24) is 9.88 Å². The van der Waals surface area contributed by atoms with Crippen LogP contribution in [-0.4, -0.2) is 28.7 Å². The lowest BCUT2D eigenvalue weighted by molar-refractivity contribution is 0.0934. The Bertz CT molecular complexity index is 747. The van der Waals surface area contributed by atoms with Gasteiger partial charge in [0.2, 0.25) is 0 Å². The number of halogens is 1. The topological polar surface area (TPSA) is 54.3 Å². The number of hydrogen-bond donors (Lipinski definition) is 2. The zero-order valence-electron chi connectivity index (χ0n) is 13.4. The van der Waals surface area contributed by atoms with E-state index in [-0.39, 0.29) is 23.7 Å². The molecule has 0 saturated heterocycles. The molecule has 1 saturated carbocycles. The molecule has 2 N–H and O–H groups in total. The van der Waals surface area contributed by atoms with E-state index >= 15 is 0 Å². The molecule has 0 bridgehead atoms. The van der Waals surface area contributed by atoms with Gasteiger partial charge < -0.3 is 15.0 Å². The van der Waals surface area contributed by atoms with Gasteiger partial charge in [0.25, 0.3) is 5.91 Å². The molecule has 0 aliphatic heterocycles. The molecule has 0 spiro atoms. The van der Waals surface area contributed by atoms with Crippen LogP contribution < -0.4 is 5.32 Å². The number of benzene rings is 1. The van der Waals surface area contributed by atoms with Crippen LogP contribution in [0.2, 0.25) is 0 Å². The summed E-state index contributed by atoms with van der Waals surface area (Å²) in [5, 5.41) is 12.2. The zero-order valence-corrected chi connectivity index (χ0v) is 13.4. The highest BCUT2D eigenvalue weighted by Gasteiger charge is 2.42. The Morgan fingerprint density at radius 2 is 2.04 bits per heavy atom. The Balaban J connectivity index is 1.86. The van der Waals surface area contributed by atoms with Crippen molar-refractivity contribution >= 4 is 5.91 Å². The molecule has 122 valence electrons. The van der Waals surface area contributed by atoms with Crippen molar-refractivity contribution in [3.05, 3.63) is 53.1 Å². The van der Waals surface area contributed by atoms with Crippen LogP contribution in [0, 0.1) is 25.1 Å². The lowest BCUT2D eigenvalue weighted by Gasteiger charge is -2.13. The van der Waals surface area contributed by atoms with Crippen molar-refractivity contribution in [2.75, 3.05) is 13.2 Å². The van der Waals surface area contributed by atoms with E-state index in [0.29, 0.717) is 23.5 Å². The first-order valence-corrected chi connectivity index (χ1v) is 7.80. The van der Waals surface area contributed by atoms with E-state index in [4.69, 9.17) is 0 Å². The van der Waals surface area contributed by atoms with Gasteiger partial charge in [-0.3, -0.25) is 4.79 Å². The molecule has 1 amide bonds. The quantitative estimate of drug-likeness (QED) is 0.891. The second-order valence-corrected chi connectivity index (χ2v) is 6.41.